The van der Waals surface area contributed by atoms with E-state index < -0.39 is 5.91 Å². The van der Waals surface area contributed by atoms with Gasteiger partial charge in [0.1, 0.15) is 5.00 Å². The van der Waals surface area contributed by atoms with Gasteiger partial charge >= 0.3 is 0 Å². The average Bonchev–Trinajstić information content (AvgIpc) is 3.21. The SMILES string of the molecule is CN(C)NC(=O)c1ccsc1NC(=O)c1cccc(N2C(=O)CCC2=O)c1. The quantitative estimate of drug-likeness (QED) is 0.604. The van der Waals surface area contributed by atoms with E-state index in [1.54, 1.807) is 43.7 Å². The van der Waals surface area contributed by atoms with E-state index in [0.29, 0.717) is 16.3 Å². The molecule has 0 atom stereocenters. The van der Waals surface area contributed by atoms with Crippen molar-refractivity contribution in [2.75, 3.05) is 24.3 Å². The van der Waals surface area contributed by atoms with E-state index in [1.165, 1.54) is 22.4 Å². The van der Waals surface area contributed by atoms with E-state index in [-0.39, 0.29) is 36.1 Å². The highest BCUT2D eigenvalue weighted by atomic mass is 32.1. The van der Waals surface area contributed by atoms with Gasteiger partial charge < -0.3 is 5.32 Å². The Hall–Kier alpha value is -3.04. The number of nitrogens with zero attached hydrogens (tertiary/aromatic N) is 2. The number of amides is 4. The van der Waals surface area contributed by atoms with Crippen molar-refractivity contribution >= 4 is 45.7 Å². The average molecular weight is 386 g/mol. The molecule has 2 aromatic rings. The lowest BCUT2D eigenvalue weighted by molar-refractivity contribution is -0.121. The van der Waals surface area contributed by atoms with Crippen molar-refractivity contribution in [3.63, 3.8) is 0 Å². The molecular formula is C18H18N4O4S. The Kier molecular flexibility index (Phi) is 5.33. The van der Waals surface area contributed by atoms with Gasteiger partial charge in [-0.2, -0.15) is 0 Å². The molecule has 1 aliphatic rings. The highest BCUT2D eigenvalue weighted by molar-refractivity contribution is 7.14. The number of carbonyl (C=O) groups excluding carboxylic acids is 4. The molecule has 0 aliphatic carbocycles. The maximum absolute atomic E-state index is 12.6. The Morgan fingerprint density at radius 1 is 1.07 bits per heavy atom. The van der Waals surface area contributed by atoms with E-state index in [9.17, 15) is 19.2 Å². The molecule has 4 amide bonds. The van der Waals surface area contributed by atoms with E-state index in [0.717, 1.165) is 4.90 Å². The third-order valence-electron chi connectivity index (χ3n) is 3.88. The molecule has 140 valence electrons. The summed E-state index contributed by atoms with van der Waals surface area (Å²) in [5, 5.41) is 6.35. The van der Waals surface area contributed by atoms with Crippen molar-refractivity contribution < 1.29 is 19.2 Å². The standard InChI is InChI=1S/C18H18N4O4S/c1-21(2)20-17(26)13-8-9-27-18(13)19-16(25)11-4-3-5-12(10-11)22-14(23)6-7-15(22)24/h3-5,8-10H,6-7H2,1-2H3,(H,19,25)(H,20,26). The lowest BCUT2D eigenvalue weighted by Gasteiger charge is -2.15. The molecule has 27 heavy (non-hydrogen) atoms. The molecule has 0 spiro atoms. The van der Waals surface area contributed by atoms with Crippen LogP contribution in [0.4, 0.5) is 10.7 Å². The molecule has 2 heterocycles. The van der Waals surface area contributed by atoms with Crippen LogP contribution in [0.25, 0.3) is 0 Å². The molecule has 2 N–H and O–H groups in total. The van der Waals surface area contributed by atoms with E-state index in [2.05, 4.69) is 10.7 Å². The van der Waals surface area contributed by atoms with Gasteiger partial charge in [-0.05, 0) is 29.6 Å². The summed E-state index contributed by atoms with van der Waals surface area (Å²) in [4.78, 5) is 49.7. The molecule has 0 bridgehead atoms. The minimum absolute atomic E-state index is 0.175. The first-order valence-corrected chi connectivity index (χ1v) is 9.08. The summed E-state index contributed by atoms with van der Waals surface area (Å²) < 4.78 is 0. The second kappa shape index (κ2) is 7.68. The maximum Gasteiger partial charge on any atom is 0.268 e. The van der Waals surface area contributed by atoms with E-state index in [4.69, 9.17) is 0 Å². The largest absolute Gasteiger partial charge is 0.313 e. The molecule has 1 aromatic carbocycles. The van der Waals surface area contributed by atoms with Crippen molar-refractivity contribution in [3.05, 3.63) is 46.8 Å². The molecule has 1 saturated heterocycles. The Bertz CT molecular complexity index is 906. The third kappa shape index (κ3) is 4.04. The Morgan fingerprint density at radius 3 is 2.44 bits per heavy atom. The molecule has 8 nitrogen and oxygen atoms in total. The van der Waals surface area contributed by atoms with Crippen LogP contribution in [0.15, 0.2) is 35.7 Å². The maximum atomic E-state index is 12.6. The minimum Gasteiger partial charge on any atom is -0.313 e. The smallest absolute Gasteiger partial charge is 0.268 e. The van der Waals surface area contributed by atoms with Crippen molar-refractivity contribution in [1.82, 2.24) is 10.4 Å². The van der Waals surface area contributed by atoms with Gasteiger partial charge in [-0.25, -0.2) is 5.01 Å². The van der Waals surface area contributed by atoms with Gasteiger partial charge in [-0.3, -0.25) is 29.5 Å². The van der Waals surface area contributed by atoms with E-state index >= 15 is 0 Å². The molecule has 0 saturated carbocycles. The zero-order valence-corrected chi connectivity index (χ0v) is 15.6. The van der Waals surface area contributed by atoms with Gasteiger partial charge in [0.15, 0.2) is 0 Å². The van der Waals surface area contributed by atoms with Crippen LogP contribution >= 0.6 is 11.3 Å². The second-order valence-electron chi connectivity index (χ2n) is 6.13. The number of imide groups is 1. The lowest BCUT2D eigenvalue weighted by Crippen LogP contribution is -2.36. The summed E-state index contributed by atoms with van der Waals surface area (Å²) in [6.07, 6.45) is 0.351. The van der Waals surface area contributed by atoms with Crippen LogP contribution in [0.3, 0.4) is 0 Å². The predicted molar refractivity (Wildman–Crippen MR) is 102 cm³/mol. The van der Waals surface area contributed by atoms with Crippen molar-refractivity contribution in [2.45, 2.75) is 12.8 Å². The van der Waals surface area contributed by atoms with Gasteiger partial charge in [-0.15, -0.1) is 11.3 Å². The van der Waals surface area contributed by atoms with Gasteiger partial charge in [-0.1, -0.05) is 6.07 Å². The molecule has 9 heteroatoms. The number of hydrogen-bond donors (Lipinski definition) is 2. The van der Waals surface area contributed by atoms with Crippen LogP contribution in [0.2, 0.25) is 0 Å². The number of benzene rings is 1. The minimum atomic E-state index is -0.433. The van der Waals surface area contributed by atoms with Gasteiger partial charge in [0.25, 0.3) is 11.8 Å². The molecular weight excluding hydrogens is 368 g/mol. The number of nitrogens with one attached hydrogen (secondary N) is 2. The summed E-state index contributed by atoms with van der Waals surface area (Å²) in [6.45, 7) is 0. The van der Waals surface area contributed by atoms with Crippen LogP contribution in [-0.4, -0.2) is 42.7 Å². The van der Waals surface area contributed by atoms with Crippen molar-refractivity contribution in [3.8, 4) is 0 Å². The monoisotopic (exact) mass is 386 g/mol. The fraction of sp³-hybridized carbons (Fsp3) is 0.222. The summed E-state index contributed by atoms with van der Waals surface area (Å²) in [6, 6.07) is 7.91. The lowest BCUT2D eigenvalue weighted by atomic mass is 10.1. The molecule has 1 aliphatic heterocycles. The number of carbonyl (C=O) groups is 4. The Morgan fingerprint density at radius 2 is 1.78 bits per heavy atom. The fourth-order valence-corrected chi connectivity index (χ4v) is 3.45. The summed E-state index contributed by atoms with van der Waals surface area (Å²) >= 11 is 1.23. The molecule has 3 rings (SSSR count). The summed E-state index contributed by atoms with van der Waals surface area (Å²) in [7, 11) is 3.38. The predicted octanol–water partition coefficient (Wildman–Crippen LogP) is 1.86. The van der Waals surface area contributed by atoms with Crippen LogP contribution < -0.4 is 15.6 Å². The highest BCUT2D eigenvalue weighted by Gasteiger charge is 2.30. The summed E-state index contributed by atoms with van der Waals surface area (Å²) in [5.74, 6) is -1.33. The van der Waals surface area contributed by atoms with Gasteiger partial charge in [0.05, 0.1) is 11.3 Å². The number of hydrogen-bond acceptors (Lipinski definition) is 6. The summed E-state index contributed by atoms with van der Waals surface area (Å²) in [5.41, 5.74) is 3.62. The number of hydrazine groups is 1. The van der Waals surface area contributed by atoms with Crippen LogP contribution in [0, 0.1) is 0 Å². The Labute approximate surface area is 159 Å². The second-order valence-corrected chi connectivity index (χ2v) is 7.04. The first-order chi connectivity index (χ1) is 12.9. The Balaban J connectivity index is 1.79. The van der Waals surface area contributed by atoms with Gasteiger partial charge in [0.2, 0.25) is 11.8 Å². The molecule has 1 fully saturated rings. The third-order valence-corrected chi connectivity index (χ3v) is 4.71. The van der Waals surface area contributed by atoms with E-state index in [1.807, 2.05) is 0 Å². The van der Waals surface area contributed by atoms with Crippen molar-refractivity contribution in [1.29, 1.82) is 0 Å². The number of thiophene rings is 1. The fourth-order valence-electron chi connectivity index (χ4n) is 2.67. The number of anilines is 2. The molecule has 1 aromatic heterocycles. The topological polar surface area (TPSA) is 98.8 Å². The molecule has 0 radical (unpaired) electrons. The zero-order valence-electron chi connectivity index (χ0n) is 14.8. The molecule has 0 unspecified atom stereocenters. The number of rotatable bonds is 5. The first kappa shape index (κ1) is 18.7. The first-order valence-electron chi connectivity index (χ1n) is 8.20. The zero-order chi connectivity index (χ0) is 19.6. The van der Waals surface area contributed by atoms with Crippen LogP contribution in [0.5, 0.6) is 0 Å². The highest BCUT2D eigenvalue weighted by Crippen LogP contribution is 2.26. The normalized spacial score (nSPS) is 14.0. The van der Waals surface area contributed by atoms with Gasteiger partial charge in [0, 0.05) is 32.5 Å². The van der Waals surface area contributed by atoms with Crippen LogP contribution in [0.1, 0.15) is 33.6 Å². The van der Waals surface area contributed by atoms with Crippen molar-refractivity contribution in [2.24, 2.45) is 0 Å². The van der Waals surface area contributed by atoms with Crippen LogP contribution in [-0.2, 0) is 9.59 Å².